The molecular formula is C15H17BrFN3O. The van der Waals surface area contributed by atoms with Crippen molar-refractivity contribution in [3.8, 4) is 11.6 Å². The molecule has 0 aliphatic rings. The lowest BCUT2D eigenvalue weighted by atomic mass is 10.1. The maximum atomic E-state index is 13.6. The minimum Gasteiger partial charge on any atom is -0.438 e. The molecule has 1 aromatic carbocycles. The predicted octanol–water partition coefficient (Wildman–Crippen LogP) is 4.73. The van der Waals surface area contributed by atoms with Crippen LogP contribution in [0.4, 0.5) is 10.2 Å². The van der Waals surface area contributed by atoms with Crippen LogP contribution in [0.3, 0.4) is 0 Å². The topological polar surface area (TPSA) is 47.0 Å². The molecule has 1 N–H and O–H groups in total. The van der Waals surface area contributed by atoms with Crippen molar-refractivity contribution >= 4 is 21.7 Å². The summed E-state index contributed by atoms with van der Waals surface area (Å²) in [5.74, 6) is 1.39. The van der Waals surface area contributed by atoms with Gasteiger partial charge in [0.2, 0.25) is 5.88 Å². The number of ether oxygens (including phenoxy) is 1. The second-order valence-corrected chi connectivity index (χ2v) is 5.66. The minimum absolute atomic E-state index is 0.176. The van der Waals surface area contributed by atoms with E-state index in [-0.39, 0.29) is 11.7 Å². The maximum Gasteiger partial charge on any atom is 0.227 e. The molecule has 0 amide bonds. The van der Waals surface area contributed by atoms with E-state index in [1.54, 1.807) is 12.1 Å². The van der Waals surface area contributed by atoms with Crippen LogP contribution in [0, 0.1) is 5.82 Å². The van der Waals surface area contributed by atoms with Crippen molar-refractivity contribution in [3.05, 3.63) is 40.4 Å². The number of hydrogen-bond donors (Lipinski definition) is 1. The van der Waals surface area contributed by atoms with E-state index in [0.29, 0.717) is 16.1 Å². The van der Waals surface area contributed by atoms with E-state index in [9.17, 15) is 4.39 Å². The molecule has 4 nitrogen and oxygen atoms in total. The van der Waals surface area contributed by atoms with Gasteiger partial charge in [0.25, 0.3) is 0 Å². The van der Waals surface area contributed by atoms with Gasteiger partial charge < -0.3 is 10.1 Å². The third-order valence-corrected chi connectivity index (χ3v) is 3.52. The Kier molecular flexibility index (Phi) is 5.12. The Hall–Kier alpha value is -1.69. The first-order valence-electron chi connectivity index (χ1n) is 6.74. The zero-order chi connectivity index (χ0) is 15.4. The van der Waals surface area contributed by atoms with E-state index < -0.39 is 0 Å². The van der Waals surface area contributed by atoms with Gasteiger partial charge in [0, 0.05) is 12.6 Å². The second kappa shape index (κ2) is 6.85. The first kappa shape index (κ1) is 15.7. The largest absolute Gasteiger partial charge is 0.438 e. The van der Waals surface area contributed by atoms with Crippen LogP contribution in [0.2, 0.25) is 0 Å². The van der Waals surface area contributed by atoms with Gasteiger partial charge in [0.15, 0.2) is 0 Å². The molecule has 0 atom stereocenters. The van der Waals surface area contributed by atoms with Crippen LogP contribution in [0.25, 0.3) is 0 Å². The number of nitrogens with one attached hydrogen (secondary N) is 1. The van der Waals surface area contributed by atoms with Crippen LogP contribution in [0.1, 0.15) is 32.3 Å². The molecule has 0 unspecified atom stereocenters. The number of anilines is 1. The zero-order valence-electron chi connectivity index (χ0n) is 12.2. The molecule has 21 heavy (non-hydrogen) atoms. The summed E-state index contributed by atoms with van der Waals surface area (Å²) in [5, 5.41) is 3.19. The normalized spacial score (nSPS) is 10.8. The molecule has 112 valence electrons. The fourth-order valence-corrected chi connectivity index (χ4v) is 2.19. The summed E-state index contributed by atoms with van der Waals surface area (Å²) in [7, 11) is 0. The maximum absolute atomic E-state index is 13.6. The molecule has 0 spiro atoms. The Morgan fingerprint density at radius 1 is 1.33 bits per heavy atom. The van der Waals surface area contributed by atoms with E-state index in [1.165, 1.54) is 12.4 Å². The van der Waals surface area contributed by atoms with Gasteiger partial charge in [-0.25, -0.2) is 14.4 Å². The standard InChI is InChI=1S/C15H17BrFN3O/c1-4-18-14-13(9(2)3)15(20-8-19-14)21-10-5-6-11(16)12(17)7-10/h5-9H,4H2,1-3H3,(H,18,19,20). The molecule has 2 aromatic rings. The molecule has 1 aromatic heterocycles. The number of nitrogens with zero attached hydrogens (tertiary/aromatic N) is 2. The van der Waals surface area contributed by atoms with Crippen LogP contribution in [0.5, 0.6) is 11.6 Å². The van der Waals surface area contributed by atoms with Crippen LogP contribution in [0.15, 0.2) is 29.0 Å². The summed E-state index contributed by atoms with van der Waals surface area (Å²) < 4.78 is 19.7. The first-order valence-corrected chi connectivity index (χ1v) is 7.53. The lowest BCUT2D eigenvalue weighted by Gasteiger charge is -2.16. The molecule has 0 aliphatic carbocycles. The van der Waals surface area contributed by atoms with Gasteiger partial charge in [0.05, 0.1) is 10.0 Å². The molecular weight excluding hydrogens is 337 g/mol. The minimum atomic E-state index is -0.375. The van der Waals surface area contributed by atoms with Crippen molar-refractivity contribution < 1.29 is 9.13 Å². The van der Waals surface area contributed by atoms with Gasteiger partial charge in [-0.1, -0.05) is 13.8 Å². The lowest BCUT2D eigenvalue weighted by molar-refractivity contribution is 0.447. The van der Waals surface area contributed by atoms with Crippen molar-refractivity contribution in [1.82, 2.24) is 9.97 Å². The number of halogens is 2. The average Bonchev–Trinajstić information content (AvgIpc) is 2.43. The average molecular weight is 354 g/mol. The molecule has 0 saturated heterocycles. The van der Waals surface area contributed by atoms with E-state index in [0.717, 1.165) is 17.9 Å². The summed E-state index contributed by atoms with van der Waals surface area (Å²) in [4.78, 5) is 8.42. The van der Waals surface area contributed by atoms with E-state index in [2.05, 4.69) is 31.2 Å². The van der Waals surface area contributed by atoms with Gasteiger partial charge in [-0.15, -0.1) is 0 Å². The summed E-state index contributed by atoms with van der Waals surface area (Å²) in [5.41, 5.74) is 0.877. The molecule has 0 radical (unpaired) electrons. The molecule has 0 fully saturated rings. The highest BCUT2D eigenvalue weighted by atomic mass is 79.9. The third-order valence-electron chi connectivity index (χ3n) is 2.87. The highest BCUT2D eigenvalue weighted by Crippen LogP contribution is 2.33. The molecule has 1 heterocycles. The number of benzene rings is 1. The quantitative estimate of drug-likeness (QED) is 0.844. The molecule has 0 bridgehead atoms. The number of hydrogen-bond acceptors (Lipinski definition) is 4. The fourth-order valence-electron chi connectivity index (χ4n) is 1.94. The third kappa shape index (κ3) is 3.69. The zero-order valence-corrected chi connectivity index (χ0v) is 13.7. The fraction of sp³-hybridized carbons (Fsp3) is 0.333. The SMILES string of the molecule is CCNc1ncnc(Oc2ccc(Br)c(F)c2)c1C(C)C. The van der Waals surface area contributed by atoms with Crippen LogP contribution in [-0.4, -0.2) is 16.5 Å². The lowest BCUT2D eigenvalue weighted by Crippen LogP contribution is -2.07. The highest BCUT2D eigenvalue weighted by Gasteiger charge is 2.17. The van der Waals surface area contributed by atoms with Gasteiger partial charge in [0.1, 0.15) is 23.7 Å². The second-order valence-electron chi connectivity index (χ2n) is 4.80. The summed E-state index contributed by atoms with van der Waals surface area (Å²) in [6, 6.07) is 4.61. The van der Waals surface area contributed by atoms with Gasteiger partial charge in [-0.2, -0.15) is 0 Å². The van der Waals surface area contributed by atoms with Gasteiger partial charge in [-0.3, -0.25) is 0 Å². The Bertz CT molecular complexity index is 634. The van der Waals surface area contributed by atoms with Gasteiger partial charge in [-0.05, 0) is 40.9 Å². The highest BCUT2D eigenvalue weighted by molar-refractivity contribution is 9.10. The predicted molar refractivity (Wildman–Crippen MR) is 84.5 cm³/mol. The number of rotatable bonds is 5. The Morgan fingerprint density at radius 3 is 2.71 bits per heavy atom. The Labute approximate surface area is 131 Å². The number of aromatic nitrogens is 2. The Balaban J connectivity index is 2.38. The van der Waals surface area contributed by atoms with Crippen molar-refractivity contribution in [2.24, 2.45) is 0 Å². The monoisotopic (exact) mass is 353 g/mol. The smallest absolute Gasteiger partial charge is 0.227 e. The van der Waals surface area contributed by atoms with E-state index >= 15 is 0 Å². The van der Waals surface area contributed by atoms with Crippen molar-refractivity contribution in [1.29, 1.82) is 0 Å². The van der Waals surface area contributed by atoms with Crippen LogP contribution in [-0.2, 0) is 0 Å². The summed E-state index contributed by atoms with van der Waals surface area (Å²) >= 11 is 3.12. The van der Waals surface area contributed by atoms with Crippen LogP contribution < -0.4 is 10.1 Å². The van der Waals surface area contributed by atoms with E-state index in [1.807, 2.05) is 20.8 Å². The van der Waals surface area contributed by atoms with Crippen molar-refractivity contribution in [2.45, 2.75) is 26.7 Å². The molecule has 6 heteroatoms. The van der Waals surface area contributed by atoms with Crippen molar-refractivity contribution in [3.63, 3.8) is 0 Å². The Morgan fingerprint density at radius 2 is 2.10 bits per heavy atom. The molecule has 0 saturated carbocycles. The summed E-state index contributed by atoms with van der Waals surface area (Å²) in [6.07, 6.45) is 1.44. The molecule has 0 aliphatic heterocycles. The van der Waals surface area contributed by atoms with Gasteiger partial charge >= 0.3 is 0 Å². The molecule has 2 rings (SSSR count). The van der Waals surface area contributed by atoms with Crippen LogP contribution >= 0.6 is 15.9 Å². The first-order chi connectivity index (χ1) is 10.0. The summed E-state index contributed by atoms with van der Waals surface area (Å²) in [6.45, 7) is 6.82. The van der Waals surface area contributed by atoms with E-state index in [4.69, 9.17) is 4.74 Å². The van der Waals surface area contributed by atoms with Crippen molar-refractivity contribution in [2.75, 3.05) is 11.9 Å².